The smallest absolute Gasteiger partial charge is 0.274 e. The van der Waals surface area contributed by atoms with Crippen LogP contribution in [0.4, 0.5) is 5.13 Å². The second-order valence-corrected chi connectivity index (χ2v) is 4.05. The van der Waals surface area contributed by atoms with Gasteiger partial charge in [0.2, 0.25) is 11.8 Å². The van der Waals surface area contributed by atoms with Gasteiger partial charge in [-0.3, -0.25) is 14.4 Å². The maximum absolute atomic E-state index is 11.8. The Morgan fingerprint density at radius 3 is 2.12 bits per heavy atom. The summed E-state index contributed by atoms with van der Waals surface area (Å²) in [5.41, 5.74) is 15.3. The maximum Gasteiger partial charge on any atom is 0.274 e. The standard InChI is InChI=1S/C8H11N5O3S/c9-5(14)1-13(2-6(10)15)7(16)4-3-17-8(11)12-4/h3H,1-2H2,(H2,9,14)(H2,10,15)(H2,11,12). The average molecular weight is 257 g/mol. The first-order valence-corrected chi connectivity index (χ1v) is 5.35. The summed E-state index contributed by atoms with van der Waals surface area (Å²) in [5.74, 6) is -2.11. The van der Waals surface area contributed by atoms with Crippen LogP contribution in [0.3, 0.4) is 0 Å². The van der Waals surface area contributed by atoms with Crippen LogP contribution in [0, 0.1) is 0 Å². The molecule has 92 valence electrons. The minimum atomic E-state index is -0.747. The molecule has 0 aliphatic carbocycles. The Kier molecular flexibility index (Phi) is 3.99. The van der Waals surface area contributed by atoms with Crippen LogP contribution in [0.15, 0.2) is 5.38 Å². The molecule has 1 aromatic heterocycles. The van der Waals surface area contributed by atoms with Crippen LogP contribution in [0.1, 0.15) is 10.5 Å². The van der Waals surface area contributed by atoms with Gasteiger partial charge in [-0.15, -0.1) is 11.3 Å². The molecule has 9 heteroatoms. The first kappa shape index (κ1) is 12.9. The Bertz CT molecular complexity index is 442. The van der Waals surface area contributed by atoms with Crippen molar-refractivity contribution in [3.05, 3.63) is 11.1 Å². The molecule has 6 N–H and O–H groups in total. The molecule has 0 bridgehead atoms. The molecule has 0 aliphatic rings. The molecule has 0 saturated heterocycles. The highest BCUT2D eigenvalue weighted by Gasteiger charge is 2.21. The van der Waals surface area contributed by atoms with Crippen LogP contribution in [-0.2, 0) is 9.59 Å². The van der Waals surface area contributed by atoms with Crippen molar-refractivity contribution in [3.8, 4) is 0 Å². The largest absolute Gasteiger partial charge is 0.375 e. The number of hydrogen-bond acceptors (Lipinski definition) is 6. The van der Waals surface area contributed by atoms with Gasteiger partial charge in [0.1, 0.15) is 18.8 Å². The second-order valence-electron chi connectivity index (χ2n) is 3.16. The third-order valence-corrected chi connectivity index (χ3v) is 2.40. The Labute approximate surface area is 100 Å². The fraction of sp³-hybridized carbons (Fsp3) is 0.250. The molecule has 1 rings (SSSR count). The normalized spacial score (nSPS) is 9.88. The average Bonchev–Trinajstić information content (AvgIpc) is 2.61. The lowest BCUT2D eigenvalue weighted by Gasteiger charge is -2.17. The van der Waals surface area contributed by atoms with Gasteiger partial charge in [-0.25, -0.2) is 4.98 Å². The van der Waals surface area contributed by atoms with Gasteiger partial charge in [0, 0.05) is 5.38 Å². The van der Waals surface area contributed by atoms with Gasteiger partial charge in [0.25, 0.3) is 5.91 Å². The Hall–Kier alpha value is -2.16. The predicted octanol–water partition coefficient (Wildman–Crippen LogP) is -1.86. The van der Waals surface area contributed by atoms with Crippen LogP contribution in [0.2, 0.25) is 0 Å². The lowest BCUT2D eigenvalue weighted by molar-refractivity contribution is -0.121. The van der Waals surface area contributed by atoms with E-state index in [2.05, 4.69) is 4.98 Å². The topological polar surface area (TPSA) is 145 Å². The van der Waals surface area contributed by atoms with E-state index in [-0.39, 0.29) is 10.8 Å². The Balaban J connectivity index is 2.85. The number of rotatable bonds is 5. The molecule has 17 heavy (non-hydrogen) atoms. The SMILES string of the molecule is NC(=O)CN(CC(N)=O)C(=O)c1csc(N)n1. The minimum Gasteiger partial charge on any atom is -0.375 e. The van der Waals surface area contributed by atoms with E-state index < -0.39 is 30.8 Å². The predicted molar refractivity (Wildman–Crippen MR) is 60.8 cm³/mol. The number of hydrogen-bond donors (Lipinski definition) is 3. The van der Waals surface area contributed by atoms with Crippen LogP contribution in [0.5, 0.6) is 0 Å². The number of nitrogen functional groups attached to an aromatic ring is 1. The number of carbonyl (C=O) groups excluding carboxylic acids is 3. The fourth-order valence-electron chi connectivity index (χ4n) is 1.12. The van der Waals surface area contributed by atoms with Crippen molar-refractivity contribution in [2.75, 3.05) is 18.8 Å². The van der Waals surface area contributed by atoms with E-state index in [1.807, 2.05) is 0 Å². The number of anilines is 1. The number of nitrogens with zero attached hydrogens (tertiary/aromatic N) is 2. The van der Waals surface area contributed by atoms with E-state index in [1.54, 1.807) is 0 Å². The van der Waals surface area contributed by atoms with Gasteiger partial charge in [0.05, 0.1) is 0 Å². The summed E-state index contributed by atoms with van der Waals surface area (Å²) >= 11 is 1.07. The highest BCUT2D eigenvalue weighted by molar-refractivity contribution is 7.13. The summed E-state index contributed by atoms with van der Waals surface area (Å²) in [5, 5.41) is 1.64. The summed E-state index contributed by atoms with van der Waals surface area (Å²) in [7, 11) is 0. The van der Waals surface area contributed by atoms with Crippen molar-refractivity contribution < 1.29 is 14.4 Å². The number of primary amides is 2. The van der Waals surface area contributed by atoms with E-state index in [9.17, 15) is 14.4 Å². The van der Waals surface area contributed by atoms with Crippen LogP contribution in [0.25, 0.3) is 0 Å². The molecule has 0 saturated carbocycles. The first-order chi connectivity index (χ1) is 7.90. The molecule has 0 atom stereocenters. The van der Waals surface area contributed by atoms with Crippen molar-refractivity contribution in [2.24, 2.45) is 11.5 Å². The van der Waals surface area contributed by atoms with Gasteiger partial charge in [-0.2, -0.15) is 0 Å². The van der Waals surface area contributed by atoms with E-state index in [0.29, 0.717) is 0 Å². The summed E-state index contributed by atoms with van der Waals surface area (Å²) < 4.78 is 0. The van der Waals surface area contributed by atoms with E-state index >= 15 is 0 Å². The Morgan fingerprint density at radius 2 is 1.76 bits per heavy atom. The zero-order valence-corrected chi connectivity index (χ0v) is 9.57. The third-order valence-electron chi connectivity index (χ3n) is 1.72. The lowest BCUT2D eigenvalue weighted by Crippen LogP contribution is -2.43. The lowest BCUT2D eigenvalue weighted by atomic mass is 10.3. The third kappa shape index (κ3) is 3.72. The van der Waals surface area contributed by atoms with Crippen molar-refractivity contribution >= 4 is 34.2 Å². The molecule has 0 fully saturated rings. The maximum atomic E-state index is 11.8. The zero-order chi connectivity index (χ0) is 13.0. The molecular weight excluding hydrogens is 246 g/mol. The van der Waals surface area contributed by atoms with Gasteiger partial charge in [-0.05, 0) is 0 Å². The molecule has 0 radical (unpaired) electrons. The minimum absolute atomic E-state index is 0.0509. The zero-order valence-electron chi connectivity index (χ0n) is 8.75. The van der Waals surface area contributed by atoms with Crippen molar-refractivity contribution in [1.82, 2.24) is 9.88 Å². The fourth-order valence-corrected chi connectivity index (χ4v) is 1.66. The summed E-state index contributed by atoms with van der Waals surface area (Å²) in [6, 6.07) is 0. The molecule has 1 aromatic rings. The van der Waals surface area contributed by atoms with Crippen molar-refractivity contribution in [1.29, 1.82) is 0 Å². The highest BCUT2D eigenvalue weighted by atomic mass is 32.1. The number of thiazole rings is 1. The van der Waals surface area contributed by atoms with Gasteiger partial charge in [0.15, 0.2) is 5.13 Å². The molecule has 1 heterocycles. The number of carbonyl (C=O) groups is 3. The molecule has 0 aliphatic heterocycles. The molecule has 0 spiro atoms. The highest BCUT2D eigenvalue weighted by Crippen LogP contribution is 2.12. The van der Waals surface area contributed by atoms with Crippen molar-refractivity contribution in [3.63, 3.8) is 0 Å². The van der Waals surface area contributed by atoms with Crippen molar-refractivity contribution in [2.45, 2.75) is 0 Å². The Morgan fingerprint density at radius 1 is 1.24 bits per heavy atom. The monoisotopic (exact) mass is 257 g/mol. The number of aromatic nitrogens is 1. The van der Waals surface area contributed by atoms with E-state index in [0.717, 1.165) is 16.2 Å². The summed E-state index contributed by atoms with van der Waals surface area (Å²) in [6.07, 6.45) is 0. The molecule has 0 aromatic carbocycles. The molecular formula is C8H11N5O3S. The number of amides is 3. The van der Waals surface area contributed by atoms with Crippen LogP contribution < -0.4 is 17.2 Å². The van der Waals surface area contributed by atoms with Crippen LogP contribution in [-0.4, -0.2) is 40.7 Å². The molecule has 3 amide bonds. The number of nitrogens with two attached hydrogens (primary N) is 3. The summed E-state index contributed by atoms with van der Waals surface area (Å²) in [4.78, 5) is 38.0. The summed E-state index contributed by atoms with van der Waals surface area (Å²) in [6.45, 7) is -0.807. The van der Waals surface area contributed by atoms with Crippen LogP contribution >= 0.6 is 11.3 Å². The molecule has 8 nitrogen and oxygen atoms in total. The first-order valence-electron chi connectivity index (χ1n) is 4.47. The van der Waals surface area contributed by atoms with Gasteiger partial charge in [-0.1, -0.05) is 0 Å². The van der Waals surface area contributed by atoms with E-state index in [4.69, 9.17) is 17.2 Å². The van der Waals surface area contributed by atoms with Gasteiger partial charge < -0.3 is 22.1 Å². The molecule has 0 unspecified atom stereocenters. The second kappa shape index (κ2) is 5.25. The van der Waals surface area contributed by atoms with E-state index in [1.165, 1.54) is 5.38 Å². The van der Waals surface area contributed by atoms with Gasteiger partial charge >= 0.3 is 0 Å². The quantitative estimate of drug-likeness (QED) is 0.566.